The van der Waals surface area contributed by atoms with Crippen molar-refractivity contribution in [3.05, 3.63) is 24.3 Å². The number of alkyl halides is 3. The Labute approximate surface area is 103 Å². The molecule has 18 heavy (non-hydrogen) atoms. The van der Waals surface area contributed by atoms with Gasteiger partial charge in [0, 0.05) is 12.2 Å². The number of hydrogen-bond donors (Lipinski definition) is 2. The smallest absolute Gasteiger partial charge is 0.385 e. The summed E-state index contributed by atoms with van der Waals surface area (Å²) < 4.78 is 60.6. The van der Waals surface area contributed by atoms with Crippen LogP contribution in [0.4, 0.5) is 18.9 Å². The maximum absolute atomic E-state index is 11.9. The molecule has 0 radical (unpaired) electrons. The van der Waals surface area contributed by atoms with Crippen LogP contribution in [0.5, 0.6) is 0 Å². The molecular formula is C10H13F3N2O2S. The molecule has 4 nitrogen and oxygen atoms in total. The maximum atomic E-state index is 11.9. The van der Waals surface area contributed by atoms with E-state index in [1.54, 1.807) is 0 Å². The zero-order valence-corrected chi connectivity index (χ0v) is 10.4. The van der Waals surface area contributed by atoms with E-state index < -0.39 is 22.6 Å². The summed E-state index contributed by atoms with van der Waals surface area (Å²) in [5.41, 5.74) is 0.439. The molecule has 0 spiro atoms. The minimum absolute atomic E-state index is 0.0615. The van der Waals surface area contributed by atoms with Crippen molar-refractivity contribution >= 4 is 15.7 Å². The van der Waals surface area contributed by atoms with Crippen molar-refractivity contribution in [1.82, 2.24) is 4.72 Å². The van der Waals surface area contributed by atoms with Gasteiger partial charge in [0.05, 0.1) is 11.3 Å². The Morgan fingerprint density at radius 2 is 1.72 bits per heavy atom. The molecule has 0 aliphatic rings. The molecule has 1 aromatic rings. The minimum Gasteiger partial charge on any atom is -0.385 e. The van der Waals surface area contributed by atoms with Gasteiger partial charge >= 0.3 is 6.18 Å². The van der Waals surface area contributed by atoms with E-state index in [9.17, 15) is 21.6 Å². The molecule has 0 amide bonds. The molecule has 0 saturated carbocycles. The van der Waals surface area contributed by atoms with Gasteiger partial charge in [-0.05, 0) is 31.3 Å². The zero-order valence-electron chi connectivity index (χ0n) is 9.58. The van der Waals surface area contributed by atoms with Crippen LogP contribution in [-0.2, 0) is 10.0 Å². The highest BCUT2D eigenvalue weighted by Crippen LogP contribution is 2.20. The first kappa shape index (κ1) is 14.8. The minimum atomic E-state index is -4.21. The standard InChI is InChI=1S/C10H13F3N2O2S/c1-14-18(16,17)9-4-2-8(3-5-9)15-7-6-10(11,12)13/h2-5,14-15H,6-7H2,1H3. The second-order valence-corrected chi connectivity index (χ2v) is 5.41. The van der Waals surface area contributed by atoms with Gasteiger partial charge in [-0.1, -0.05) is 0 Å². The number of nitrogens with one attached hydrogen (secondary N) is 2. The van der Waals surface area contributed by atoms with Crippen LogP contribution in [0.3, 0.4) is 0 Å². The molecular weight excluding hydrogens is 269 g/mol. The molecule has 0 aromatic heterocycles. The van der Waals surface area contributed by atoms with Crippen molar-refractivity contribution in [3.63, 3.8) is 0 Å². The fourth-order valence-electron chi connectivity index (χ4n) is 1.22. The number of hydrogen-bond acceptors (Lipinski definition) is 3. The van der Waals surface area contributed by atoms with Crippen molar-refractivity contribution in [1.29, 1.82) is 0 Å². The molecule has 1 aromatic carbocycles. The normalized spacial score (nSPS) is 12.4. The third-order valence-corrected chi connectivity index (χ3v) is 3.60. The summed E-state index contributed by atoms with van der Waals surface area (Å²) in [6.45, 7) is -0.248. The Balaban J connectivity index is 2.62. The first-order valence-electron chi connectivity index (χ1n) is 5.09. The van der Waals surface area contributed by atoms with Crippen LogP contribution in [-0.4, -0.2) is 28.2 Å². The second-order valence-electron chi connectivity index (χ2n) is 3.52. The Bertz CT molecular complexity index is 483. The van der Waals surface area contributed by atoms with Crippen LogP contribution in [0.15, 0.2) is 29.2 Å². The van der Waals surface area contributed by atoms with Crippen molar-refractivity contribution < 1.29 is 21.6 Å². The molecule has 0 bridgehead atoms. The molecule has 8 heteroatoms. The van der Waals surface area contributed by atoms with Crippen molar-refractivity contribution in [2.45, 2.75) is 17.5 Å². The number of anilines is 1. The van der Waals surface area contributed by atoms with Gasteiger partial charge in [-0.3, -0.25) is 0 Å². The molecule has 0 unspecified atom stereocenters. The third-order valence-electron chi connectivity index (χ3n) is 2.17. The summed E-state index contributed by atoms with van der Waals surface area (Å²) in [5.74, 6) is 0. The highest BCUT2D eigenvalue weighted by molar-refractivity contribution is 7.89. The van der Waals surface area contributed by atoms with Gasteiger partial charge < -0.3 is 5.32 Å². The fourth-order valence-corrected chi connectivity index (χ4v) is 1.95. The van der Waals surface area contributed by atoms with E-state index in [0.717, 1.165) is 0 Å². The van der Waals surface area contributed by atoms with Crippen LogP contribution in [0.25, 0.3) is 0 Å². The van der Waals surface area contributed by atoms with E-state index in [2.05, 4.69) is 10.0 Å². The quantitative estimate of drug-likeness (QED) is 0.868. The molecule has 0 aliphatic carbocycles. The van der Waals surface area contributed by atoms with Crippen molar-refractivity contribution in [3.8, 4) is 0 Å². The first-order chi connectivity index (χ1) is 8.24. The Kier molecular flexibility index (Phi) is 4.58. The third kappa shape index (κ3) is 4.53. The summed E-state index contributed by atoms with van der Waals surface area (Å²) in [5, 5.41) is 2.56. The van der Waals surface area contributed by atoms with Gasteiger partial charge in [-0.15, -0.1) is 0 Å². The van der Waals surface area contributed by atoms with Gasteiger partial charge in [0.2, 0.25) is 10.0 Å². The lowest BCUT2D eigenvalue weighted by Gasteiger charge is -2.09. The predicted octanol–water partition coefficient (Wildman–Crippen LogP) is 1.96. The van der Waals surface area contributed by atoms with E-state index in [1.165, 1.54) is 31.3 Å². The molecule has 1 rings (SSSR count). The summed E-state index contributed by atoms with van der Waals surface area (Å²) >= 11 is 0. The highest BCUT2D eigenvalue weighted by Gasteiger charge is 2.26. The molecule has 0 saturated heterocycles. The van der Waals surface area contributed by atoms with Gasteiger partial charge in [0.1, 0.15) is 0 Å². The number of halogens is 3. The maximum Gasteiger partial charge on any atom is 0.390 e. The van der Waals surface area contributed by atoms with Crippen LogP contribution < -0.4 is 10.0 Å². The SMILES string of the molecule is CNS(=O)(=O)c1ccc(NCCC(F)(F)F)cc1. The average Bonchev–Trinajstić information content (AvgIpc) is 2.28. The average molecular weight is 282 g/mol. The topological polar surface area (TPSA) is 58.2 Å². The fraction of sp³-hybridized carbons (Fsp3) is 0.400. The highest BCUT2D eigenvalue weighted by atomic mass is 32.2. The number of benzene rings is 1. The summed E-state index contributed by atoms with van der Waals surface area (Å²) in [6.07, 6.45) is -5.15. The van der Waals surface area contributed by atoms with Crippen LogP contribution in [0.2, 0.25) is 0 Å². The lowest BCUT2D eigenvalue weighted by atomic mass is 10.3. The van der Waals surface area contributed by atoms with Crippen LogP contribution in [0, 0.1) is 0 Å². The lowest BCUT2D eigenvalue weighted by Crippen LogP contribution is -2.18. The molecule has 0 atom stereocenters. The Morgan fingerprint density at radius 1 is 1.17 bits per heavy atom. The molecule has 2 N–H and O–H groups in total. The van der Waals surface area contributed by atoms with Crippen LogP contribution in [0.1, 0.15) is 6.42 Å². The van der Waals surface area contributed by atoms with Gasteiger partial charge in [0.25, 0.3) is 0 Å². The summed E-state index contributed by atoms with van der Waals surface area (Å²) in [7, 11) is -2.23. The molecule has 0 heterocycles. The second kappa shape index (κ2) is 5.57. The van der Waals surface area contributed by atoms with E-state index in [4.69, 9.17) is 0 Å². The number of sulfonamides is 1. The lowest BCUT2D eigenvalue weighted by molar-refractivity contribution is -0.131. The number of rotatable bonds is 5. The van der Waals surface area contributed by atoms with Crippen molar-refractivity contribution in [2.75, 3.05) is 18.9 Å². The molecule has 102 valence electrons. The van der Waals surface area contributed by atoms with Gasteiger partial charge in [0.15, 0.2) is 0 Å². The molecule has 0 fully saturated rings. The van der Waals surface area contributed by atoms with Gasteiger partial charge in [-0.2, -0.15) is 13.2 Å². The first-order valence-corrected chi connectivity index (χ1v) is 6.57. The monoisotopic (exact) mass is 282 g/mol. The van der Waals surface area contributed by atoms with E-state index in [0.29, 0.717) is 5.69 Å². The van der Waals surface area contributed by atoms with E-state index >= 15 is 0 Å². The molecule has 0 aliphatic heterocycles. The summed E-state index contributed by atoms with van der Waals surface area (Å²) in [4.78, 5) is 0.0615. The van der Waals surface area contributed by atoms with Crippen molar-refractivity contribution in [2.24, 2.45) is 0 Å². The predicted molar refractivity (Wildman–Crippen MR) is 61.8 cm³/mol. The van der Waals surface area contributed by atoms with Crippen LogP contribution >= 0.6 is 0 Å². The Morgan fingerprint density at radius 3 is 2.17 bits per heavy atom. The Hall–Kier alpha value is -1.28. The van der Waals surface area contributed by atoms with E-state index in [1.807, 2.05) is 0 Å². The van der Waals surface area contributed by atoms with E-state index in [-0.39, 0.29) is 11.4 Å². The zero-order chi connectivity index (χ0) is 13.8. The van der Waals surface area contributed by atoms with Gasteiger partial charge in [-0.25, -0.2) is 13.1 Å². The summed E-state index contributed by atoms with van der Waals surface area (Å²) in [6, 6.07) is 5.48. The largest absolute Gasteiger partial charge is 0.390 e.